The Labute approximate surface area is 113 Å². The van der Waals surface area contributed by atoms with Crippen molar-refractivity contribution in [2.45, 2.75) is 65.3 Å². The van der Waals surface area contributed by atoms with Crippen molar-refractivity contribution in [3.05, 3.63) is 35.4 Å². The van der Waals surface area contributed by atoms with Crippen LogP contribution < -0.4 is 5.32 Å². The molecule has 0 saturated heterocycles. The highest BCUT2D eigenvalue weighted by atomic mass is 14.9. The Hall–Kier alpha value is -0.820. The largest absolute Gasteiger partial charge is 0.314 e. The first-order valence-corrected chi connectivity index (χ1v) is 7.61. The summed E-state index contributed by atoms with van der Waals surface area (Å²) in [5, 5.41) is 3.59. The van der Waals surface area contributed by atoms with Crippen LogP contribution in [0.5, 0.6) is 0 Å². The molecule has 1 rings (SSSR count). The third-order valence-electron chi connectivity index (χ3n) is 3.47. The van der Waals surface area contributed by atoms with E-state index in [9.17, 15) is 0 Å². The van der Waals surface area contributed by atoms with Gasteiger partial charge in [-0.25, -0.2) is 0 Å². The van der Waals surface area contributed by atoms with E-state index in [1.165, 1.54) is 49.7 Å². The van der Waals surface area contributed by atoms with Crippen LogP contribution in [0.1, 0.15) is 57.6 Å². The molecule has 1 aromatic carbocycles. The normalized spacial score (nSPS) is 12.6. The second-order valence-corrected chi connectivity index (χ2v) is 5.15. The summed E-state index contributed by atoms with van der Waals surface area (Å²) in [6.45, 7) is 7.78. The molecule has 1 heteroatoms. The van der Waals surface area contributed by atoms with Gasteiger partial charge in [0.05, 0.1) is 0 Å². The summed E-state index contributed by atoms with van der Waals surface area (Å²) in [6, 6.07) is 9.89. The molecule has 0 fully saturated rings. The van der Waals surface area contributed by atoms with Gasteiger partial charge in [0.15, 0.2) is 0 Å². The van der Waals surface area contributed by atoms with Gasteiger partial charge in [-0.3, -0.25) is 0 Å². The van der Waals surface area contributed by atoms with Crippen LogP contribution in [0, 0.1) is 0 Å². The molecule has 0 aliphatic heterocycles. The number of benzene rings is 1. The van der Waals surface area contributed by atoms with Crippen LogP contribution in [0.25, 0.3) is 0 Å². The van der Waals surface area contributed by atoms with Gasteiger partial charge in [0, 0.05) is 6.04 Å². The lowest BCUT2D eigenvalue weighted by Crippen LogP contribution is -2.29. The molecule has 0 amide bonds. The minimum atomic E-state index is 0.690. The van der Waals surface area contributed by atoms with Gasteiger partial charge in [0.2, 0.25) is 0 Å². The zero-order chi connectivity index (χ0) is 13.2. The third kappa shape index (κ3) is 5.68. The molecule has 1 unspecified atom stereocenters. The molecule has 102 valence electrons. The molecule has 0 spiro atoms. The molecule has 1 N–H and O–H groups in total. The Morgan fingerprint density at radius 1 is 0.833 bits per heavy atom. The molecule has 0 radical (unpaired) electrons. The molecule has 18 heavy (non-hydrogen) atoms. The quantitative estimate of drug-likeness (QED) is 0.684. The van der Waals surface area contributed by atoms with Gasteiger partial charge in [-0.15, -0.1) is 0 Å². The molecule has 0 aliphatic rings. The molecular formula is C17H29N. The van der Waals surface area contributed by atoms with Crippen molar-refractivity contribution >= 4 is 0 Å². The van der Waals surface area contributed by atoms with Crippen LogP contribution in [0.15, 0.2) is 24.3 Å². The minimum Gasteiger partial charge on any atom is -0.314 e. The number of hydrogen-bond donors (Lipinski definition) is 1. The molecule has 0 bridgehead atoms. The molecule has 0 heterocycles. The second-order valence-electron chi connectivity index (χ2n) is 5.15. The van der Waals surface area contributed by atoms with E-state index in [4.69, 9.17) is 0 Å². The van der Waals surface area contributed by atoms with Gasteiger partial charge in [0.1, 0.15) is 0 Å². The van der Waals surface area contributed by atoms with Gasteiger partial charge in [-0.1, -0.05) is 57.9 Å². The Morgan fingerprint density at radius 3 is 1.94 bits per heavy atom. The highest BCUT2D eigenvalue weighted by Gasteiger charge is 2.06. The molecule has 1 aromatic rings. The van der Waals surface area contributed by atoms with Crippen molar-refractivity contribution in [3.8, 4) is 0 Å². The van der Waals surface area contributed by atoms with Crippen molar-refractivity contribution in [2.24, 2.45) is 0 Å². The van der Waals surface area contributed by atoms with Crippen LogP contribution in [-0.4, -0.2) is 12.6 Å². The molecule has 0 aliphatic carbocycles. The fourth-order valence-electron chi connectivity index (χ4n) is 2.49. The SMILES string of the molecule is CCCc1ccc(CCC(CCC)NCC)cc1. The summed E-state index contributed by atoms with van der Waals surface area (Å²) in [4.78, 5) is 0. The van der Waals surface area contributed by atoms with E-state index < -0.39 is 0 Å². The van der Waals surface area contributed by atoms with E-state index in [1.54, 1.807) is 0 Å². The van der Waals surface area contributed by atoms with Gasteiger partial charge < -0.3 is 5.32 Å². The zero-order valence-corrected chi connectivity index (χ0v) is 12.3. The Balaban J connectivity index is 2.41. The van der Waals surface area contributed by atoms with Crippen molar-refractivity contribution in [1.29, 1.82) is 0 Å². The molecule has 1 nitrogen and oxygen atoms in total. The second kappa shape index (κ2) is 9.16. The van der Waals surface area contributed by atoms with Gasteiger partial charge in [-0.05, 0) is 43.4 Å². The van der Waals surface area contributed by atoms with Crippen LogP contribution in [0.3, 0.4) is 0 Å². The zero-order valence-electron chi connectivity index (χ0n) is 12.3. The maximum Gasteiger partial charge on any atom is 0.00700 e. The van der Waals surface area contributed by atoms with Crippen LogP contribution >= 0.6 is 0 Å². The summed E-state index contributed by atoms with van der Waals surface area (Å²) in [5.41, 5.74) is 2.95. The predicted octanol–water partition coefficient (Wildman–Crippen LogP) is 4.35. The number of nitrogens with one attached hydrogen (secondary N) is 1. The van der Waals surface area contributed by atoms with E-state index in [1.807, 2.05) is 0 Å². The Kier molecular flexibility index (Phi) is 7.75. The lowest BCUT2D eigenvalue weighted by atomic mass is 10.0. The first kappa shape index (κ1) is 15.2. The summed E-state index contributed by atoms with van der Waals surface area (Å²) >= 11 is 0. The number of rotatable bonds is 9. The molecule has 1 atom stereocenters. The van der Waals surface area contributed by atoms with Crippen molar-refractivity contribution < 1.29 is 0 Å². The maximum atomic E-state index is 3.59. The van der Waals surface area contributed by atoms with Gasteiger partial charge in [-0.2, -0.15) is 0 Å². The summed E-state index contributed by atoms with van der Waals surface area (Å²) < 4.78 is 0. The summed E-state index contributed by atoms with van der Waals surface area (Å²) in [6.07, 6.45) is 7.46. The van der Waals surface area contributed by atoms with Crippen molar-refractivity contribution in [2.75, 3.05) is 6.54 Å². The third-order valence-corrected chi connectivity index (χ3v) is 3.47. The number of aryl methyl sites for hydroxylation is 2. The van der Waals surface area contributed by atoms with Crippen molar-refractivity contribution in [1.82, 2.24) is 5.32 Å². The van der Waals surface area contributed by atoms with Crippen molar-refractivity contribution in [3.63, 3.8) is 0 Å². The number of hydrogen-bond acceptors (Lipinski definition) is 1. The van der Waals surface area contributed by atoms with Crippen LogP contribution in [0.4, 0.5) is 0 Å². The minimum absolute atomic E-state index is 0.690. The fraction of sp³-hybridized carbons (Fsp3) is 0.647. The van der Waals surface area contributed by atoms with E-state index in [-0.39, 0.29) is 0 Å². The van der Waals surface area contributed by atoms with E-state index in [0.29, 0.717) is 6.04 Å². The first-order chi connectivity index (χ1) is 8.80. The smallest absolute Gasteiger partial charge is 0.00700 e. The summed E-state index contributed by atoms with van der Waals surface area (Å²) in [5.74, 6) is 0. The standard InChI is InChI=1S/C17H29N/c1-4-7-15-9-11-16(12-10-15)13-14-17(8-5-2)18-6-3/h9-12,17-18H,4-8,13-14H2,1-3H3. The highest BCUT2D eigenvalue weighted by Crippen LogP contribution is 2.11. The highest BCUT2D eigenvalue weighted by molar-refractivity contribution is 5.22. The van der Waals surface area contributed by atoms with Crippen LogP contribution in [0.2, 0.25) is 0 Å². The Morgan fingerprint density at radius 2 is 1.44 bits per heavy atom. The lowest BCUT2D eigenvalue weighted by Gasteiger charge is -2.17. The van der Waals surface area contributed by atoms with E-state index in [0.717, 1.165) is 6.54 Å². The maximum absolute atomic E-state index is 3.59. The topological polar surface area (TPSA) is 12.0 Å². The van der Waals surface area contributed by atoms with Gasteiger partial charge in [0.25, 0.3) is 0 Å². The molecule has 0 aromatic heterocycles. The molecular weight excluding hydrogens is 218 g/mol. The fourth-order valence-corrected chi connectivity index (χ4v) is 2.49. The monoisotopic (exact) mass is 247 g/mol. The summed E-state index contributed by atoms with van der Waals surface area (Å²) in [7, 11) is 0. The Bertz CT molecular complexity index is 296. The van der Waals surface area contributed by atoms with Crippen LogP contribution in [-0.2, 0) is 12.8 Å². The first-order valence-electron chi connectivity index (χ1n) is 7.61. The van der Waals surface area contributed by atoms with Gasteiger partial charge >= 0.3 is 0 Å². The average Bonchev–Trinajstić information content (AvgIpc) is 2.38. The van der Waals surface area contributed by atoms with E-state index >= 15 is 0 Å². The predicted molar refractivity (Wildman–Crippen MR) is 81.1 cm³/mol. The molecule has 0 saturated carbocycles. The average molecular weight is 247 g/mol. The van der Waals surface area contributed by atoms with E-state index in [2.05, 4.69) is 50.4 Å². The lowest BCUT2D eigenvalue weighted by molar-refractivity contribution is 0.460.